The van der Waals surface area contributed by atoms with E-state index in [0.29, 0.717) is 23.6 Å². The van der Waals surface area contributed by atoms with Crippen LogP contribution in [0.4, 0.5) is 0 Å². The third-order valence-corrected chi connectivity index (χ3v) is 4.40. The van der Waals surface area contributed by atoms with E-state index in [-0.39, 0.29) is 22.7 Å². The maximum Gasteiger partial charge on any atom is 0.268 e. The molecule has 0 radical (unpaired) electrons. The number of rotatable bonds is 4. The summed E-state index contributed by atoms with van der Waals surface area (Å²) in [6, 6.07) is 1.66. The summed E-state index contributed by atoms with van der Waals surface area (Å²) in [7, 11) is 0. The molecule has 21 heavy (non-hydrogen) atoms. The average molecular weight is 326 g/mol. The molecule has 6 nitrogen and oxygen atoms in total. The smallest absolute Gasteiger partial charge is 0.268 e. The Morgan fingerprint density at radius 1 is 1.62 bits per heavy atom. The van der Waals surface area contributed by atoms with E-state index in [0.717, 1.165) is 11.8 Å². The number of hydrogen-bond acceptors (Lipinski definition) is 5. The first-order chi connectivity index (χ1) is 10.0. The molecule has 0 unspecified atom stereocenters. The fourth-order valence-electron chi connectivity index (χ4n) is 2.19. The number of fused-ring (bicyclic) bond motifs is 1. The molecule has 1 fully saturated rings. The first-order valence-corrected chi connectivity index (χ1v) is 7.60. The van der Waals surface area contributed by atoms with Gasteiger partial charge in [-0.15, -0.1) is 11.3 Å². The van der Waals surface area contributed by atoms with Crippen molar-refractivity contribution >= 4 is 45.0 Å². The van der Waals surface area contributed by atoms with Gasteiger partial charge in [-0.3, -0.25) is 9.59 Å². The van der Waals surface area contributed by atoms with Crippen molar-refractivity contribution < 1.29 is 14.3 Å². The zero-order chi connectivity index (χ0) is 15.0. The molecule has 0 spiro atoms. The summed E-state index contributed by atoms with van der Waals surface area (Å²) in [5.41, 5.74) is 5.27. The quantitative estimate of drug-likeness (QED) is 0.894. The van der Waals surface area contributed by atoms with E-state index < -0.39 is 5.91 Å². The Labute approximate surface area is 129 Å². The highest BCUT2D eigenvalue weighted by molar-refractivity contribution is 7.17. The molecular formula is C13H12ClN3O3S. The van der Waals surface area contributed by atoms with Gasteiger partial charge in [0.25, 0.3) is 5.91 Å². The largest absolute Gasteiger partial charge is 0.490 e. The molecule has 0 saturated carbocycles. The number of halogens is 1. The molecule has 2 aromatic rings. The maximum atomic E-state index is 11.2. The number of primary amides is 1. The average Bonchev–Trinajstić information content (AvgIpc) is 3.01. The lowest BCUT2D eigenvalue weighted by Crippen LogP contribution is -2.30. The van der Waals surface area contributed by atoms with Gasteiger partial charge in [-0.2, -0.15) is 0 Å². The zero-order valence-electron chi connectivity index (χ0n) is 10.9. The molecule has 0 aromatic carbocycles. The second kappa shape index (κ2) is 5.50. The van der Waals surface area contributed by atoms with Gasteiger partial charge in [-0.1, -0.05) is 11.6 Å². The van der Waals surface area contributed by atoms with Crippen molar-refractivity contribution in [2.45, 2.75) is 18.9 Å². The van der Waals surface area contributed by atoms with Crippen LogP contribution in [-0.2, 0) is 4.79 Å². The van der Waals surface area contributed by atoms with Gasteiger partial charge in [0.2, 0.25) is 5.91 Å². The molecule has 1 aliphatic rings. The van der Waals surface area contributed by atoms with Crippen molar-refractivity contribution in [1.29, 1.82) is 0 Å². The maximum absolute atomic E-state index is 11.2. The Bertz CT molecular complexity index is 731. The molecular weight excluding hydrogens is 314 g/mol. The number of nitrogens with two attached hydrogens (primary N) is 1. The molecule has 3 heterocycles. The van der Waals surface area contributed by atoms with Gasteiger partial charge in [0.1, 0.15) is 22.9 Å². The van der Waals surface area contributed by atoms with Crippen LogP contribution in [0, 0.1) is 0 Å². The summed E-state index contributed by atoms with van der Waals surface area (Å²) >= 11 is 7.35. The van der Waals surface area contributed by atoms with E-state index in [4.69, 9.17) is 22.1 Å². The number of carbonyl (C=O) groups excluding carboxylic acids is 2. The molecule has 1 saturated heterocycles. The van der Waals surface area contributed by atoms with Gasteiger partial charge in [-0.25, -0.2) is 4.98 Å². The lowest BCUT2D eigenvalue weighted by Gasteiger charge is -2.11. The molecule has 3 rings (SSSR count). The predicted molar refractivity (Wildman–Crippen MR) is 79.8 cm³/mol. The minimum absolute atomic E-state index is 0.0285. The van der Waals surface area contributed by atoms with Gasteiger partial charge in [0.05, 0.1) is 16.5 Å². The molecule has 2 amide bonds. The summed E-state index contributed by atoms with van der Waals surface area (Å²) in [6.07, 6.45) is 1.31. The van der Waals surface area contributed by atoms with Crippen molar-refractivity contribution in [3.63, 3.8) is 0 Å². The molecule has 110 valence electrons. The van der Waals surface area contributed by atoms with Gasteiger partial charge in [0.15, 0.2) is 0 Å². The van der Waals surface area contributed by atoms with E-state index >= 15 is 0 Å². The highest BCUT2D eigenvalue weighted by atomic mass is 35.5. The molecule has 0 bridgehead atoms. The number of ether oxygens (including phenoxy) is 1. The van der Waals surface area contributed by atoms with Crippen LogP contribution >= 0.6 is 22.9 Å². The van der Waals surface area contributed by atoms with Gasteiger partial charge < -0.3 is 15.8 Å². The van der Waals surface area contributed by atoms with Crippen molar-refractivity contribution in [1.82, 2.24) is 10.3 Å². The first kappa shape index (κ1) is 14.1. The Kier molecular flexibility index (Phi) is 3.69. The van der Waals surface area contributed by atoms with Crippen molar-refractivity contribution in [3.05, 3.63) is 22.2 Å². The van der Waals surface area contributed by atoms with E-state index in [9.17, 15) is 9.59 Å². The minimum atomic E-state index is -0.661. The molecule has 1 aliphatic heterocycles. The Hall–Kier alpha value is -1.86. The summed E-state index contributed by atoms with van der Waals surface area (Å²) in [5.74, 6) is 0.0302. The monoisotopic (exact) mass is 325 g/mol. The third-order valence-electron chi connectivity index (χ3n) is 3.24. The molecule has 2 aromatic heterocycles. The fourth-order valence-corrected chi connectivity index (χ4v) is 3.28. The van der Waals surface area contributed by atoms with E-state index in [1.54, 1.807) is 11.4 Å². The number of carbonyl (C=O) groups is 2. The standard InChI is InChI=1S/C13H12ClN3O3S/c14-8-3-7-9(20-4-6-1-2-10(18)16-6)5-21-13(7)17-11(8)12(15)19/h3,5-6H,1-2,4H2,(H2,15,19)(H,16,18)/t6-/m0/s1. The Balaban J connectivity index is 1.81. The highest BCUT2D eigenvalue weighted by Gasteiger charge is 2.22. The van der Waals surface area contributed by atoms with Crippen molar-refractivity contribution in [3.8, 4) is 5.75 Å². The number of nitrogens with zero attached hydrogens (tertiary/aromatic N) is 1. The summed E-state index contributed by atoms with van der Waals surface area (Å²) in [5, 5.41) is 5.57. The van der Waals surface area contributed by atoms with Gasteiger partial charge in [0, 0.05) is 11.8 Å². The predicted octanol–water partition coefficient (Wildman–Crippen LogP) is 1.71. The van der Waals surface area contributed by atoms with Crippen LogP contribution in [-0.4, -0.2) is 29.4 Å². The first-order valence-electron chi connectivity index (χ1n) is 6.34. The van der Waals surface area contributed by atoms with Crippen LogP contribution in [0.2, 0.25) is 5.02 Å². The van der Waals surface area contributed by atoms with Crippen LogP contribution < -0.4 is 15.8 Å². The lowest BCUT2D eigenvalue weighted by atomic mass is 10.2. The summed E-state index contributed by atoms with van der Waals surface area (Å²) in [4.78, 5) is 27.1. The third kappa shape index (κ3) is 2.79. The number of amides is 2. The Morgan fingerprint density at radius 3 is 3.10 bits per heavy atom. The second-order valence-corrected chi connectivity index (χ2v) is 6.02. The van der Waals surface area contributed by atoms with E-state index in [1.165, 1.54) is 11.3 Å². The number of pyridine rings is 1. The number of hydrogen-bond donors (Lipinski definition) is 2. The van der Waals surface area contributed by atoms with Gasteiger partial charge in [-0.05, 0) is 12.5 Å². The lowest BCUT2D eigenvalue weighted by molar-refractivity contribution is -0.119. The SMILES string of the molecule is NC(=O)c1nc2scc(OC[C@@H]3CCC(=O)N3)c2cc1Cl. The van der Waals surface area contributed by atoms with Crippen LogP contribution in [0.3, 0.4) is 0 Å². The van der Waals surface area contributed by atoms with Gasteiger partial charge >= 0.3 is 0 Å². The number of aromatic nitrogens is 1. The van der Waals surface area contributed by atoms with Crippen molar-refractivity contribution in [2.24, 2.45) is 5.73 Å². The normalized spacial score (nSPS) is 18.0. The summed E-state index contributed by atoms with van der Waals surface area (Å²) in [6.45, 7) is 0.396. The summed E-state index contributed by atoms with van der Waals surface area (Å²) < 4.78 is 5.73. The van der Waals surface area contributed by atoms with Crippen LogP contribution in [0.25, 0.3) is 10.2 Å². The molecule has 8 heteroatoms. The van der Waals surface area contributed by atoms with Crippen LogP contribution in [0.1, 0.15) is 23.3 Å². The fraction of sp³-hybridized carbons (Fsp3) is 0.308. The molecule has 1 atom stereocenters. The van der Waals surface area contributed by atoms with E-state index in [1.807, 2.05) is 0 Å². The second-order valence-electron chi connectivity index (χ2n) is 4.75. The van der Waals surface area contributed by atoms with E-state index in [2.05, 4.69) is 10.3 Å². The Morgan fingerprint density at radius 2 is 2.43 bits per heavy atom. The van der Waals surface area contributed by atoms with Crippen LogP contribution in [0.15, 0.2) is 11.4 Å². The topological polar surface area (TPSA) is 94.3 Å². The number of thiophene rings is 1. The minimum Gasteiger partial charge on any atom is -0.490 e. The molecule has 3 N–H and O–H groups in total. The van der Waals surface area contributed by atoms with Crippen LogP contribution in [0.5, 0.6) is 5.75 Å². The number of nitrogens with one attached hydrogen (secondary N) is 1. The zero-order valence-corrected chi connectivity index (χ0v) is 12.5. The van der Waals surface area contributed by atoms with Crippen molar-refractivity contribution in [2.75, 3.05) is 6.61 Å². The highest BCUT2D eigenvalue weighted by Crippen LogP contribution is 2.34. The molecule has 0 aliphatic carbocycles.